The van der Waals surface area contributed by atoms with Crippen molar-refractivity contribution in [3.8, 4) is 11.5 Å². The van der Waals surface area contributed by atoms with Gasteiger partial charge in [-0.25, -0.2) is 9.97 Å². The van der Waals surface area contributed by atoms with E-state index in [4.69, 9.17) is 35.6 Å². The second-order valence-electron chi connectivity index (χ2n) is 16.4. The molecule has 0 aliphatic carbocycles. The normalized spacial score (nSPS) is 16.3. The number of rotatable bonds is 20. The standard InChI is InChI=1S/C44H56N14O8/c1-5-56-32(15-24(3)53-56)41(62)51-43-49-30-17-26(39(45)60)19-34(65-13-8-10-48-36(59)21-28-22-64-14-11-47-28)37(30)55(43)12-7-9-29-23-66-35-20-27(40(46)61)18-31-38(35)58(29)44(50-31)52-42(63)33-16-25(4)54-57(33)6-2/h15-20,28-29,42,47,63H,5-14,21-23H2,1-4H3,(H2,45,60)(H2,46,61)(H,48,59)(H,50,52)(H,49,51,62)/t28-,29+,42?/m1/s1. The van der Waals surface area contributed by atoms with E-state index in [2.05, 4.69) is 31.5 Å². The summed E-state index contributed by atoms with van der Waals surface area (Å²) in [5.41, 5.74) is 16.2. The first-order valence-electron chi connectivity index (χ1n) is 22.2. The fourth-order valence-corrected chi connectivity index (χ4v) is 8.56. The number of carbonyl (C=O) groups excluding carboxylic acids is 4. The Hall–Kier alpha value is -7.04. The third-order valence-electron chi connectivity index (χ3n) is 11.6. The highest BCUT2D eigenvalue weighted by Crippen LogP contribution is 2.40. The molecule has 22 heteroatoms. The van der Waals surface area contributed by atoms with Crippen molar-refractivity contribution < 1.29 is 38.5 Å². The summed E-state index contributed by atoms with van der Waals surface area (Å²) in [6.07, 6.45) is 0.575. The molecule has 0 radical (unpaired) electrons. The molecule has 4 amide bonds. The SMILES string of the molecule is CCn1nc(C)cc1C(=O)Nc1nc2cc(C(N)=O)cc(OCCCNC(=O)C[C@@H]3COCCN3)c2n1CCC[C@H]1COc2cc(C(N)=O)cc3nc(NC(O)c4cc(C)nn4CC)n1c23. The van der Waals surface area contributed by atoms with Gasteiger partial charge in [0.25, 0.3) is 5.91 Å². The van der Waals surface area contributed by atoms with Crippen LogP contribution in [0.1, 0.15) is 100 Å². The van der Waals surface area contributed by atoms with Crippen molar-refractivity contribution in [1.82, 2.24) is 49.3 Å². The minimum atomic E-state index is -1.17. The van der Waals surface area contributed by atoms with Crippen molar-refractivity contribution in [1.29, 1.82) is 0 Å². The first kappa shape index (κ1) is 45.5. The molecule has 6 heterocycles. The van der Waals surface area contributed by atoms with Crippen molar-refractivity contribution in [2.24, 2.45) is 11.5 Å². The van der Waals surface area contributed by atoms with E-state index in [0.29, 0.717) is 128 Å². The molecule has 1 unspecified atom stereocenters. The van der Waals surface area contributed by atoms with Gasteiger partial charge >= 0.3 is 0 Å². The molecule has 0 saturated carbocycles. The van der Waals surface area contributed by atoms with Gasteiger partial charge in [-0.3, -0.25) is 33.9 Å². The third-order valence-corrected chi connectivity index (χ3v) is 11.6. The number of fused-ring (bicyclic) bond motifs is 1. The topological polar surface area (TPSA) is 288 Å². The highest BCUT2D eigenvalue weighted by Gasteiger charge is 2.30. The number of carbonyl (C=O) groups is 4. The van der Waals surface area contributed by atoms with Gasteiger partial charge in [0, 0.05) is 56.3 Å². The molecule has 1 saturated heterocycles. The Balaban J connectivity index is 1.08. The van der Waals surface area contributed by atoms with Crippen LogP contribution in [0.5, 0.6) is 11.5 Å². The van der Waals surface area contributed by atoms with E-state index in [-0.39, 0.29) is 48.3 Å². The second kappa shape index (κ2) is 19.6. The van der Waals surface area contributed by atoms with Gasteiger partial charge in [-0.15, -0.1) is 0 Å². The lowest BCUT2D eigenvalue weighted by Gasteiger charge is -2.28. The number of morpholine rings is 1. The van der Waals surface area contributed by atoms with Crippen LogP contribution in [-0.4, -0.2) is 113 Å². The zero-order valence-corrected chi connectivity index (χ0v) is 37.4. The zero-order chi connectivity index (χ0) is 46.6. The van der Waals surface area contributed by atoms with Gasteiger partial charge in [-0.2, -0.15) is 10.2 Å². The summed E-state index contributed by atoms with van der Waals surface area (Å²) in [5, 5.41) is 32.8. The first-order chi connectivity index (χ1) is 31.8. The number of nitrogens with zero attached hydrogens (tertiary/aromatic N) is 8. The van der Waals surface area contributed by atoms with E-state index >= 15 is 0 Å². The molecule has 2 aliphatic rings. The Morgan fingerprint density at radius 3 is 2.35 bits per heavy atom. The lowest BCUT2D eigenvalue weighted by molar-refractivity contribution is -0.122. The number of imidazole rings is 2. The summed E-state index contributed by atoms with van der Waals surface area (Å²) >= 11 is 0. The highest BCUT2D eigenvalue weighted by atomic mass is 16.5. The number of amides is 4. The van der Waals surface area contributed by atoms with Gasteiger partial charge in [0.05, 0.1) is 54.0 Å². The molecule has 22 nitrogen and oxygen atoms in total. The molecule has 350 valence electrons. The Labute approximate surface area is 379 Å². The van der Waals surface area contributed by atoms with Crippen LogP contribution in [-0.2, 0) is 29.2 Å². The van der Waals surface area contributed by atoms with Gasteiger partial charge in [0.15, 0.2) is 6.23 Å². The summed E-state index contributed by atoms with van der Waals surface area (Å²) in [4.78, 5) is 61.1. The van der Waals surface area contributed by atoms with E-state index in [0.717, 1.165) is 5.69 Å². The van der Waals surface area contributed by atoms with Gasteiger partial charge < -0.3 is 55.9 Å². The number of nitrogens with two attached hydrogens (primary N) is 2. The fraction of sp³-hybridized carbons (Fsp3) is 0.455. The molecule has 2 aromatic carbocycles. The third kappa shape index (κ3) is 9.65. The van der Waals surface area contributed by atoms with Crippen molar-refractivity contribution in [2.45, 2.75) is 91.3 Å². The highest BCUT2D eigenvalue weighted by molar-refractivity contribution is 6.04. The maximum absolute atomic E-state index is 13.9. The molecule has 3 atom stereocenters. The molecular weight excluding hydrogens is 853 g/mol. The van der Waals surface area contributed by atoms with Crippen LogP contribution in [0.25, 0.3) is 22.1 Å². The van der Waals surface area contributed by atoms with Gasteiger partial charge in [0.2, 0.25) is 29.6 Å². The maximum Gasteiger partial charge on any atom is 0.276 e. The summed E-state index contributed by atoms with van der Waals surface area (Å²) in [6.45, 7) is 11.3. The first-order valence-corrected chi connectivity index (χ1v) is 22.2. The number of hydrogen-bond acceptors (Lipinski definition) is 14. The van der Waals surface area contributed by atoms with Gasteiger partial charge in [0.1, 0.15) is 34.8 Å². The Morgan fingerprint density at radius 2 is 1.62 bits per heavy atom. The van der Waals surface area contributed by atoms with E-state index < -0.39 is 23.9 Å². The smallest absolute Gasteiger partial charge is 0.276 e. The molecule has 66 heavy (non-hydrogen) atoms. The van der Waals surface area contributed by atoms with Gasteiger partial charge in [-0.05, 0) is 83.4 Å². The van der Waals surface area contributed by atoms with Crippen molar-refractivity contribution in [3.05, 3.63) is 70.3 Å². The molecule has 1 fully saturated rings. The molecular formula is C44H56N14O8. The van der Waals surface area contributed by atoms with E-state index in [1.54, 1.807) is 45.8 Å². The van der Waals surface area contributed by atoms with Crippen LogP contribution in [0, 0.1) is 13.8 Å². The van der Waals surface area contributed by atoms with Gasteiger partial charge in [-0.1, -0.05) is 0 Å². The lowest BCUT2D eigenvalue weighted by Crippen LogP contribution is -2.44. The van der Waals surface area contributed by atoms with E-state index in [1.807, 2.05) is 36.8 Å². The van der Waals surface area contributed by atoms with Crippen molar-refractivity contribution in [2.75, 3.05) is 50.2 Å². The minimum absolute atomic E-state index is 0.0433. The van der Waals surface area contributed by atoms with Crippen LogP contribution >= 0.6 is 0 Å². The average molecular weight is 909 g/mol. The molecule has 8 rings (SSSR count). The zero-order valence-electron chi connectivity index (χ0n) is 37.4. The van der Waals surface area contributed by atoms with Crippen LogP contribution in [0.2, 0.25) is 0 Å². The van der Waals surface area contributed by atoms with E-state index in [1.165, 1.54) is 0 Å². The van der Waals surface area contributed by atoms with Crippen LogP contribution in [0.3, 0.4) is 0 Å². The molecule has 4 aromatic heterocycles. The predicted octanol–water partition coefficient (Wildman–Crippen LogP) is 2.67. The van der Waals surface area contributed by atoms with Crippen LogP contribution in [0.4, 0.5) is 11.9 Å². The molecule has 0 bridgehead atoms. The molecule has 9 N–H and O–H groups in total. The molecule has 6 aromatic rings. The number of anilines is 2. The Bertz CT molecular complexity index is 2780. The lowest BCUT2D eigenvalue weighted by atomic mass is 10.1. The summed E-state index contributed by atoms with van der Waals surface area (Å²) in [5.74, 6) is -0.554. The quantitative estimate of drug-likeness (QED) is 0.0429. The number of hydrogen-bond donors (Lipinski definition) is 7. The monoisotopic (exact) mass is 908 g/mol. The Morgan fingerprint density at radius 1 is 0.909 bits per heavy atom. The van der Waals surface area contributed by atoms with E-state index in [9.17, 15) is 24.3 Å². The Kier molecular flexibility index (Phi) is 13.5. The summed E-state index contributed by atoms with van der Waals surface area (Å²) in [7, 11) is 0. The number of nitrogens with one attached hydrogen (secondary N) is 4. The largest absolute Gasteiger partial charge is 0.491 e. The number of primary amides is 2. The maximum atomic E-state index is 13.9. The number of aromatic nitrogens is 8. The number of aliphatic hydroxyl groups excluding tert-OH is 1. The second-order valence-corrected chi connectivity index (χ2v) is 16.4. The predicted molar refractivity (Wildman–Crippen MR) is 242 cm³/mol. The number of aryl methyl sites for hydroxylation is 5. The summed E-state index contributed by atoms with van der Waals surface area (Å²) in [6, 6.07) is 9.44. The molecule has 0 spiro atoms. The number of aliphatic hydroxyl groups is 1. The molecule has 2 aliphatic heterocycles. The van der Waals surface area contributed by atoms with Crippen LogP contribution in [0.15, 0.2) is 36.4 Å². The van der Waals surface area contributed by atoms with Crippen LogP contribution < -0.4 is 42.2 Å². The van der Waals surface area contributed by atoms with Crippen molar-refractivity contribution in [3.63, 3.8) is 0 Å². The summed E-state index contributed by atoms with van der Waals surface area (Å²) < 4.78 is 25.2. The minimum Gasteiger partial charge on any atom is -0.491 e. The number of benzene rings is 2. The number of ether oxygens (including phenoxy) is 3. The van der Waals surface area contributed by atoms with Crippen molar-refractivity contribution >= 4 is 57.6 Å². The fourth-order valence-electron chi connectivity index (χ4n) is 8.56. The average Bonchev–Trinajstić information content (AvgIpc) is 4.07.